The van der Waals surface area contributed by atoms with Crippen molar-refractivity contribution in [3.8, 4) is 5.75 Å². The lowest BCUT2D eigenvalue weighted by molar-refractivity contribution is 0.330. The van der Waals surface area contributed by atoms with Crippen LogP contribution in [0.15, 0.2) is 65.9 Å². The third kappa shape index (κ3) is 3.21. The van der Waals surface area contributed by atoms with Gasteiger partial charge in [0.1, 0.15) is 0 Å². The zero-order valence-corrected chi connectivity index (χ0v) is 13.7. The Hall–Kier alpha value is -2.55. The third-order valence-electron chi connectivity index (χ3n) is 4.86. The van der Waals surface area contributed by atoms with Crippen LogP contribution in [0.1, 0.15) is 31.2 Å². The van der Waals surface area contributed by atoms with Gasteiger partial charge in [-0.05, 0) is 49.4 Å². The second kappa shape index (κ2) is 6.91. The quantitative estimate of drug-likeness (QED) is 0.648. The second-order valence-electron chi connectivity index (χ2n) is 6.49. The molecule has 1 aliphatic carbocycles. The highest BCUT2D eigenvalue weighted by Crippen LogP contribution is 2.28. The zero-order chi connectivity index (χ0) is 16.2. The van der Waals surface area contributed by atoms with Crippen LogP contribution in [0.3, 0.4) is 0 Å². The van der Waals surface area contributed by atoms with Crippen LogP contribution in [0.5, 0.6) is 5.75 Å². The molecule has 24 heavy (non-hydrogen) atoms. The molecule has 0 aliphatic heterocycles. The normalized spacial score (nSPS) is 19.7. The summed E-state index contributed by atoms with van der Waals surface area (Å²) in [6.07, 6.45) is 7.89. The van der Waals surface area contributed by atoms with E-state index in [0.717, 1.165) is 18.6 Å². The van der Waals surface area contributed by atoms with Crippen molar-refractivity contribution in [1.29, 1.82) is 0 Å². The van der Waals surface area contributed by atoms with E-state index in [9.17, 15) is 0 Å². The molecule has 1 aromatic heterocycles. The number of oxime groups is 1. The molecule has 0 saturated heterocycles. The Morgan fingerprint density at radius 3 is 2.75 bits per heavy atom. The number of hydrogen-bond acceptors (Lipinski definition) is 2. The van der Waals surface area contributed by atoms with E-state index >= 15 is 0 Å². The standard InChI is InChI=1S/C21H22N2O/c1-2-9-18(10-3-1)24-23-20-12-6-4-8-16(20)14-17-15-22-21-13-7-5-11-19(17)21/h1-3,5,7,9-11,13,15-16,22H,4,6,8,12,14H2/b23-20+. The van der Waals surface area contributed by atoms with Crippen LogP contribution in [0.2, 0.25) is 0 Å². The minimum atomic E-state index is 0.474. The Labute approximate surface area is 142 Å². The van der Waals surface area contributed by atoms with E-state index in [1.165, 1.54) is 41.4 Å². The minimum Gasteiger partial charge on any atom is -0.361 e. The molecule has 1 atom stereocenters. The maximum absolute atomic E-state index is 5.66. The highest BCUT2D eigenvalue weighted by molar-refractivity contribution is 5.89. The number of benzene rings is 2. The van der Waals surface area contributed by atoms with Gasteiger partial charge in [-0.2, -0.15) is 0 Å². The molecule has 1 unspecified atom stereocenters. The van der Waals surface area contributed by atoms with Crippen molar-refractivity contribution < 1.29 is 4.84 Å². The zero-order valence-electron chi connectivity index (χ0n) is 13.7. The Balaban J connectivity index is 1.53. The minimum absolute atomic E-state index is 0.474. The molecule has 1 fully saturated rings. The SMILES string of the molecule is c1ccc(O/N=C2\CCCCC2Cc2c[nH]c3ccccc23)cc1. The number of para-hydroxylation sites is 2. The predicted molar refractivity (Wildman–Crippen MR) is 98.5 cm³/mol. The smallest absolute Gasteiger partial charge is 0.157 e. The van der Waals surface area contributed by atoms with Crippen molar-refractivity contribution in [1.82, 2.24) is 4.98 Å². The molecule has 0 radical (unpaired) electrons. The molecule has 1 N–H and O–H groups in total. The fraction of sp³-hybridized carbons (Fsp3) is 0.286. The maximum Gasteiger partial charge on any atom is 0.157 e. The summed E-state index contributed by atoms with van der Waals surface area (Å²) in [7, 11) is 0. The highest BCUT2D eigenvalue weighted by atomic mass is 16.6. The van der Waals surface area contributed by atoms with Crippen LogP contribution in [0.4, 0.5) is 0 Å². The summed E-state index contributed by atoms with van der Waals surface area (Å²) in [4.78, 5) is 9.04. The van der Waals surface area contributed by atoms with Crippen LogP contribution >= 0.6 is 0 Å². The number of aromatic nitrogens is 1. The number of nitrogens with zero attached hydrogens (tertiary/aromatic N) is 1. The molecule has 122 valence electrons. The van der Waals surface area contributed by atoms with Crippen LogP contribution < -0.4 is 4.84 Å². The molecule has 2 aromatic carbocycles. The van der Waals surface area contributed by atoms with Gasteiger partial charge in [-0.3, -0.25) is 0 Å². The first kappa shape index (κ1) is 15.0. The number of aromatic amines is 1. The number of hydrogen-bond donors (Lipinski definition) is 1. The van der Waals surface area contributed by atoms with Crippen molar-refractivity contribution in [3.63, 3.8) is 0 Å². The second-order valence-corrected chi connectivity index (χ2v) is 6.49. The number of H-pyrrole nitrogens is 1. The average Bonchev–Trinajstić information content (AvgIpc) is 3.05. The molecule has 4 rings (SSSR count). The molecule has 0 bridgehead atoms. The molecule has 3 nitrogen and oxygen atoms in total. The molecule has 3 heteroatoms. The van der Waals surface area contributed by atoms with Crippen LogP contribution in [0.25, 0.3) is 10.9 Å². The Kier molecular flexibility index (Phi) is 4.32. The van der Waals surface area contributed by atoms with E-state index in [-0.39, 0.29) is 0 Å². The molecule has 1 aliphatic rings. The summed E-state index contributed by atoms with van der Waals surface area (Å²) in [6.45, 7) is 0. The van der Waals surface area contributed by atoms with Crippen LogP contribution in [0, 0.1) is 5.92 Å². The molecule has 0 amide bonds. The van der Waals surface area contributed by atoms with E-state index in [0.29, 0.717) is 5.92 Å². The van der Waals surface area contributed by atoms with E-state index in [1.807, 2.05) is 30.3 Å². The van der Waals surface area contributed by atoms with Crippen molar-refractivity contribution >= 4 is 16.6 Å². The molecule has 3 aromatic rings. The lowest BCUT2D eigenvalue weighted by Crippen LogP contribution is -2.22. The number of fused-ring (bicyclic) bond motifs is 1. The topological polar surface area (TPSA) is 37.4 Å². The highest BCUT2D eigenvalue weighted by Gasteiger charge is 2.22. The van der Waals surface area contributed by atoms with Crippen molar-refractivity contribution in [3.05, 3.63) is 66.4 Å². The molecular formula is C21H22N2O. The van der Waals surface area contributed by atoms with E-state index < -0.39 is 0 Å². The summed E-state index contributed by atoms with van der Waals surface area (Å²) in [5.74, 6) is 1.28. The summed E-state index contributed by atoms with van der Waals surface area (Å²) in [5, 5.41) is 5.83. The lowest BCUT2D eigenvalue weighted by atomic mass is 9.83. The largest absolute Gasteiger partial charge is 0.361 e. The van der Waals surface area contributed by atoms with E-state index in [4.69, 9.17) is 4.84 Å². The third-order valence-corrected chi connectivity index (χ3v) is 4.86. The Morgan fingerprint density at radius 2 is 1.83 bits per heavy atom. The van der Waals surface area contributed by atoms with Gasteiger partial charge >= 0.3 is 0 Å². The van der Waals surface area contributed by atoms with Gasteiger partial charge in [-0.15, -0.1) is 0 Å². The summed E-state index contributed by atoms with van der Waals surface area (Å²) < 4.78 is 0. The average molecular weight is 318 g/mol. The summed E-state index contributed by atoms with van der Waals surface area (Å²) in [6, 6.07) is 18.3. The Bertz CT molecular complexity index is 835. The van der Waals surface area contributed by atoms with Crippen LogP contribution in [-0.4, -0.2) is 10.7 Å². The van der Waals surface area contributed by atoms with Crippen molar-refractivity contribution in [2.24, 2.45) is 11.1 Å². The van der Waals surface area contributed by atoms with Gasteiger partial charge < -0.3 is 9.82 Å². The van der Waals surface area contributed by atoms with Gasteiger partial charge in [0, 0.05) is 23.0 Å². The molecule has 1 heterocycles. The Morgan fingerprint density at radius 1 is 1.00 bits per heavy atom. The molecule has 1 saturated carbocycles. The number of rotatable bonds is 4. The maximum atomic E-state index is 5.66. The van der Waals surface area contributed by atoms with Crippen molar-refractivity contribution in [2.75, 3.05) is 0 Å². The number of nitrogens with one attached hydrogen (secondary N) is 1. The fourth-order valence-corrected chi connectivity index (χ4v) is 3.57. The summed E-state index contributed by atoms with van der Waals surface area (Å²) >= 11 is 0. The van der Waals surface area contributed by atoms with E-state index in [1.54, 1.807) is 0 Å². The summed E-state index contributed by atoms with van der Waals surface area (Å²) in [5.41, 5.74) is 3.79. The van der Waals surface area contributed by atoms with Crippen molar-refractivity contribution in [2.45, 2.75) is 32.1 Å². The lowest BCUT2D eigenvalue weighted by Gasteiger charge is -2.23. The van der Waals surface area contributed by atoms with Gasteiger partial charge in [0.25, 0.3) is 0 Å². The van der Waals surface area contributed by atoms with E-state index in [2.05, 4.69) is 40.6 Å². The first-order valence-electron chi connectivity index (χ1n) is 8.74. The van der Waals surface area contributed by atoms with Gasteiger partial charge in [0.2, 0.25) is 0 Å². The van der Waals surface area contributed by atoms with Gasteiger partial charge in [-0.1, -0.05) is 48.0 Å². The molecular weight excluding hydrogens is 296 g/mol. The fourth-order valence-electron chi connectivity index (χ4n) is 3.57. The monoisotopic (exact) mass is 318 g/mol. The first-order valence-corrected chi connectivity index (χ1v) is 8.74. The van der Waals surface area contributed by atoms with Gasteiger partial charge in [-0.25, -0.2) is 0 Å². The first-order chi connectivity index (χ1) is 11.9. The predicted octanol–water partition coefficient (Wildman–Crippen LogP) is 5.34. The molecule has 0 spiro atoms. The van der Waals surface area contributed by atoms with Gasteiger partial charge in [0.15, 0.2) is 5.75 Å². The van der Waals surface area contributed by atoms with Gasteiger partial charge in [0.05, 0.1) is 5.71 Å². The van der Waals surface area contributed by atoms with Crippen LogP contribution in [-0.2, 0) is 6.42 Å².